The van der Waals surface area contributed by atoms with Crippen molar-refractivity contribution in [1.82, 2.24) is 5.32 Å². The topological polar surface area (TPSA) is 92.5 Å². The van der Waals surface area contributed by atoms with Crippen LogP contribution in [0.3, 0.4) is 0 Å². The Morgan fingerprint density at radius 1 is 1.09 bits per heavy atom. The van der Waals surface area contributed by atoms with Crippen molar-refractivity contribution in [3.05, 3.63) is 82.3 Å². The SMILES string of the molecule is Bc1cc(C2=NCC(C(=O)NCc3ccc(Oc4ccccc4)cc3)=N2)cc(Br)c1OO. The predicted octanol–water partition coefficient (Wildman–Crippen LogP) is 2.87. The van der Waals surface area contributed by atoms with Crippen LogP contribution in [-0.4, -0.2) is 37.1 Å². The normalized spacial score (nSPS) is 12.7. The third-order valence-electron chi connectivity index (χ3n) is 4.82. The van der Waals surface area contributed by atoms with E-state index in [9.17, 15) is 4.79 Å². The number of benzene rings is 3. The number of hydrogen-bond donors (Lipinski definition) is 2. The monoisotopic (exact) mass is 491 g/mol. The highest BCUT2D eigenvalue weighted by atomic mass is 79.9. The second-order valence-corrected chi connectivity index (χ2v) is 7.99. The van der Waals surface area contributed by atoms with Crippen LogP contribution in [0.15, 0.2) is 81.2 Å². The molecule has 0 saturated heterocycles. The van der Waals surface area contributed by atoms with Gasteiger partial charge in [-0.05, 0) is 57.3 Å². The summed E-state index contributed by atoms with van der Waals surface area (Å²) in [6.07, 6.45) is 0. The van der Waals surface area contributed by atoms with Gasteiger partial charge in [-0.15, -0.1) is 0 Å². The van der Waals surface area contributed by atoms with Crippen molar-refractivity contribution >= 4 is 46.7 Å². The van der Waals surface area contributed by atoms with Crippen molar-refractivity contribution in [2.45, 2.75) is 6.54 Å². The number of halogens is 1. The average Bonchev–Trinajstić information content (AvgIpc) is 3.29. The molecule has 1 aliphatic rings. The zero-order valence-corrected chi connectivity index (χ0v) is 18.8. The molecule has 3 aromatic rings. The maximum Gasteiger partial charge on any atom is 0.267 e. The standard InChI is InChI=1S/C23H19BBrN3O4/c24-18-10-15(11-19(25)21(18)32-30)22-26-13-20(28-22)23(29)27-12-14-6-8-17(9-7-14)31-16-4-2-1-3-5-16/h1-11,30H,12-13,24H2,(H,27,29). The molecule has 32 heavy (non-hydrogen) atoms. The van der Waals surface area contributed by atoms with Crippen LogP contribution in [0.5, 0.6) is 17.2 Å². The molecule has 160 valence electrons. The Balaban J connectivity index is 1.35. The molecule has 0 radical (unpaired) electrons. The van der Waals surface area contributed by atoms with E-state index < -0.39 is 0 Å². The van der Waals surface area contributed by atoms with Gasteiger partial charge in [0.15, 0.2) is 11.6 Å². The van der Waals surface area contributed by atoms with Gasteiger partial charge in [-0.1, -0.05) is 36.4 Å². The highest BCUT2D eigenvalue weighted by Crippen LogP contribution is 2.24. The van der Waals surface area contributed by atoms with Crippen LogP contribution < -0.4 is 20.4 Å². The van der Waals surface area contributed by atoms with E-state index in [2.05, 4.69) is 36.1 Å². The van der Waals surface area contributed by atoms with E-state index in [-0.39, 0.29) is 12.5 Å². The van der Waals surface area contributed by atoms with Crippen LogP contribution >= 0.6 is 15.9 Å². The van der Waals surface area contributed by atoms with Gasteiger partial charge in [-0.25, -0.2) is 10.2 Å². The predicted molar refractivity (Wildman–Crippen MR) is 129 cm³/mol. The number of carbonyl (C=O) groups excluding carboxylic acids is 1. The number of rotatable bonds is 7. The number of nitrogens with zero attached hydrogens (tertiary/aromatic N) is 2. The number of nitrogens with one attached hydrogen (secondary N) is 1. The molecule has 0 bridgehead atoms. The lowest BCUT2D eigenvalue weighted by molar-refractivity contribution is -0.137. The molecule has 1 heterocycles. The Labute approximate surface area is 194 Å². The number of ether oxygens (including phenoxy) is 1. The molecule has 3 aromatic carbocycles. The van der Waals surface area contributed by atoms with E-state index in [0.717, 1.165) is 22.6 Å². The first-order valence-electron chi connectivity index (χ1n) is 9.87. The summed E-state index contributed by atoms with van der Waals surface area (Å²) < 4.78 is 6.35. The van der Waals surface area contributed by atoms with Crippen molar-refractivity contribution in [3.63, 3.8) is 0 Å². The zero-order chi connectivity index (χ0) is 22.5. The van der Waals surface area contributed by atoms with Crippen LogP contribution in [0.2, 0.25) is 0 Å². The molecular weight excluding hydrogens is 473 g/mol. The van der Waals surface area contributed by atoms with Gasteiger partial charge < -0.3 is 14.9 Å². The van der Waals surface area contributed by atoms with Gasteiger partial charge in [0.1, 0.15) is 25.1 Å². The first-order valence-corrected chi connectivity index (χ1v) is 10.7. The summed E-state index contributed by atoms with van der Waals surface area (Å²) >= 11 is 3.35. The highest BCUT2D eigenvalue weighted by Gasteiger charge is 2.20. The molecule has 0 spiro atoms. The molecule has 2 N–H and O–H groups in total. The van der Waals surface area contributed by atoms with Crippen molar-refractivity contribution in [1.29, 1.82) is 0 Å². The molecule has 9 heteroatoms. The number of aliphatic imine (C=N–C) groups is 2. The highest BCUT2D eigenvalue weighted by molar-refractivity contribution is 9.10. The third-order valence-corrected chi connectivity index (χ3v) is 5.40. The second kappa shape index (κ2) is 9.80. The quantitative estimate of drug-likeness (QED) is 0.302. The van der Waals surface area contributed by atoms with Crippen molar-refractivity contribution in [3.8, 4) is 17.2 Å². The van der Waals surface area contributed by atoms with Crippen LogP contribution in [-0.2, 0) is 11.3 Å². The number of hydrogen-bond acceptors (Lipinski definition) is 6. The van der Waals surface area contributed by atoms with Gasteiger partial charge in [0.2, 0.25) is 0 Å². The third kappa shape index (κ3) is 5.07. The maximum atomic E-state index is 12.5. The largest absolute Gasteiger partial charge is 0.457 e. The molecule has 1 aliphatic heterocycles. The Bertz CT molecular complexity index is 1170. The Morgan fingerprint density at radius 3 is 2.50 bits per heavy atom. The zero-order valence-electron chi connectivity index (χ0n) is 17.2. The second-order valence-electron chi connectivity index (χ2n) is 7.14. The summed E-state index contributed by atoms with van der Waals surface area (Å²) in [5.74, 6) is 2.02. The summed E-state index contributed by atoms with van der Waals surface area (Å²) in [6.45, 7) is 0.575. The summed E-state index contributed by atoms with van der Waals surface area (Å²) in [6, 6.07) is 20.6. The molecule has 0 aromatic heterocycles. The summed E-state index contributed by atoms with van der Waals surface area (Å²) in [5.41, 5.74) is 2.73. The Kier molecular flexibility index (Phi) is 6.68. The lowest BCUT2D eigenvalue weighted by Crippen LogP contribution is -2.31. The first kappa shape index (κ1) is 21.8. The number of carbonyl (C=O) groups is 1. The number of amides is 1. The maximum absolute atomic E-state index is 12.5. The minimum Gasteiger partial charge on any atom is -0.457 e. The summed E-state index contributed by atoms with van der Waals surface area (Å²) in [7, 11) is 1.79. The van der Waals surface area contributed by atoms with Crippen LogP contribution in [0.1, 0.15) is 11.1 Å². The summed E-state index contributed by atoms with van der Waals surface area (Å²) in [5, 5.41) is 11.8. The van der Waals surface area contributed by atoms with E-state index in [1.54, 1.807) is 20.0 Å². The fourth-order valence-corrected chi connectivity index (χ4v) is 3.82. The summed E-state index contributed by atoms with van der Waals surface area (Å²) in [4.78, 5) is 25.6. The minimum absolute atomic E-state index is 0.208. The van der Waals surface area contributed by atoms with Crippen molar-refractivity contribution < 1.29 is 19.7 Å². The molecular formula is C23H19BBrN3O4. The van der Waals surface area contributed by atoms with Gasteiger partial charge >= 0.3 is 0 Å². The Morgan fingerprint density at radius 2 is 1.81 bits per heavy atom. The van der Waals surface area contributed by atoms with E-state index in [1.807, 2.05) is 54.6 Å². The molecule has 0 saturated carbocycles. The molecule has 0 atom stereocenters. The van der Waals surface area contributed by atoms with E-state index in [0.29, 0.717) is 33.8 Å². The molecule has 1 amide bonds. The van der Waals surface area contributed by atoms with Gasteiger partial charge in [0, 0.05) is 12.1 Å². The van der Waals surface area contributed by atoms with E-state index >= 15 is 0 Å². The first-order chi connectivity index (χ1) is 15.5. The molecule has 0 aliphatic carbocycles. The van der Waals surface area contributed by atoms with Crippen molar-refractivity contribution in [2.24, 2.45) is 9.98 Å². The molecule has 0 fully saturated rings. The van der Waals surface area contributed by atoms with E-state index in [4.69, 9.17) is 9.99 Å². The van der Waals surface area contributed by atoms with Gasteiger partial charge in [-0.3, -0.25) is 9.79 Å². The van der Waals surface area contributed by atoms with Crippen molar-refractivity contribution in [2.75, 3.05) is 6.54 Å². The van der Waals surface area contributed by atoms with E-state index in [1.165, 1.54) is 0 Å². The van der Waals surface area contributed by atoms with Gasteiger partial charge in [0.25, 0.3) is 5.91 Å². The van der Waals surface area contributed by atoms with Gasteiger partial charge in [-0.2, -0.15) is 0 Å². The number of para-hydroxylation sites is 1. The molecule has 0 unspecified atom stereocenters. The smallest absolute Gasteiger partial charge is 0.267 e. The average molecular weight is 492 g/mol. The lowest BCUT2D eigenvalue weighted by atomic mass is 9.93. The van der Waals surface area contributed by atoms with Gasteiger partial charge in [0.05, 0.1) is 11.0 Å². The number of amidine groups is 1. The Hall–Kier alpha value is -3.43. The lowest BCUT2D eigenvalue weighted by Gasteiger charge is -2.08. The fraction of sp³-hybridized carbons (Fsp3) is 0.0870. The minimum atomic E-state index is -0.264. The fourth-order valence-electron chi connectivity index (χ4n) is 3.19. The molecule has 7 nitrogen and oxygen atoms in total. The van der Waals surface area contributed by atoms with Crippen LogP contribution in [0.25, 0.3) is 0 Å². The van der Waals surface area contributed by atoms with Crippen LogP contribution in [0.4, 0.5) is 0 Å². The molecule has 4 rings (SSSR count). The van der Waals surface area contributed by atoms with Crippen LogP contribution in [0, 0.1) is 0 Å².